The average Bonchev–Trinajstić information content (AvgIpc) is 2.83. The van der Waals surface area contributed by atoms with Gasteiger partial charge in [0, 0.05) is 30.1 Å². The maximum Gasteiger partial charge on any atom is 0.239 e. The summed E-state index contributed by atoms with van der Waals surface area (Å²) < 4.78 is 11.4. The molecule has 104 valence electrons. The lowest BCUT2D eigenvalue weighted by molar-refractivity contribution is -0.123. The number of ether oxygens (including phenoxy) is 2. The molecule has 1 unspecified atom stereocenters. The van der Waals surface area contributed by atoms with Crippen molar-refractivity contribution in [1.29, 1.82) is 0 Å². The van der Waals surface area contributed by atoms with E-state index in [-0.39, 0.29) is 12.5 Å². The number of fused-ring (bicyclic) bond motifs is 1. The first-order valence-corrected chi connectivity index (χ1v) is 6.87. The van der Waals surface area contributed by atoms with Crippen molar-refractivity contribution >= 4 is 21.8 Å². The largest absolute Gasteiger partial charge is 0.493 e. The number of hydrogen-bond acceptors (Lipinski definition) is 4. The van der Waals surface area contributed by atoms with E-state index in [1.165, 1.54) is 12.7 Å². The molecule has 0 saturated heterocycles. The van der Waals surface area contributed by atoms with E-state index in [0.29, 0.717) is 13.2 Å². The molecule has 1 aliphatic rings. The summed E-state index contributed by atoms with van der Waals surface area (Å²) in [6.45, 7) is 1.30. The summed E-state index contributed by atoms with van der Waals surface area (Å²) in [7, 11) is 1.52. The molecular weight excluding hydrogens is 312 g/mol. The van der Waals surface area contributed by atoms with Crippen LogP contribution in [0.4, 0.5) is 0 Å². The van der Waals surface area contributed by atoms with Gasteiger partial charge in [0.25, 0.3) is 0 Å². The van der Waals surface area contributed by atoms with E-state index in [1.54, 1.807) is 0 Å². The van der Waals surface area contributed by atoms with Crippen molar-refractivity contribution in [2.24, 2.45) is 5.73 Å². The number of nitrogens with one attached hydrogen (secondary N) is 1. The zero-order valence-corrected chi connectivity index (χ0v) is 12.3. The second-order valence-electron chi connectivity index (χ2n) is 4.43. The van der Waals surface area contributed by atoms with Gasteiger partial charge in [0.05, 0.1) is 13.2 Å². The van der Waals surface area contributed by atoms with Crippen LogP contribution in [0.25, 0.3) is 0 Å². The molecule has 1 aliphatic heterocycles. The summed E-state index contributed by atoms with van der Waals surface area (Å²) in [4.78, 5) is 11.7. The normalized spacial score (nSPS) is 14.7. The van der Waals surface area contributed by atoms with Crippen molar-refractivity contribution in [3.05, 3.63) is 27.7 Å². The highest BCUT2D eigenvalue weighted by atomic mass is 79.9. The number of methoxy groups -OCH3 is 1. The summed E-state index contributed by atoms with van der Waals surface area (Å²) in [5, 5.41) is 2.80. The van der Waals surface area contributed by atoms with Crippen molar-refractivity contribution in [1.82, 2.24) is 5.32 Å². The van der Waals surface area contributed by atoms with Crippen LogP contribution in [-0.4, -0.2) is 32.3 Å². The quantitative estimate of drug-likeness (QED) is 0.844. The fourth-order valence-corrected chi connectivity index (χ4v) is 2.60. The Morgan fingerprint density at radius 3 is 3.16 bits per heavy atom. The zero-order chi connectivity index (χ0) is 13.8. The van der Waals surface area contributed by atoms with Crippen LogP contribution in [0, 0.1) is 0 Å². The number of amides is 1. The van der Waals surface area contributed by atoms with Crippen molar-refractivity contribution in [2.45, 2.75) is 19.0 Å². The van der Waals surface area contributed by atoms with Crippen LogP contribution < -0.4 is 15.8 Å². The fraction of sp³-hybridized carbons (Fsp3) is 0.462. The maximum absolute atomic E-state index is 11.7. The standard InChI is InChI=1S/C13H17BrN2O3/c1-18-7-11(15)13(17)16-6-9-5-10(14)4-8-2-3-19-12(8)9/h4-5,11H,2-3,6-7,15H2,1H3,(H,16,17). The third-order valence-corrected chi connectivity index (χ3v) is 3.42. The first-order valence-electron chi connectivity index (χ1n) is 6.08. The molecule has 5 nitrogen and oxygen atoms in total. The van der Waals surface area contributed by atoms with E-state index in [1.807, 2.05) is 12.1 Å². The Hall–Kier alpha value is -1.11. The summed E-state index contributed by atoms with van der Waals surface area (Å²) in [5.41, 5.74) is 7.78. The van der Waals surface area contributed by atoms with Crippen molar-refractivity contribution in [3.63, 3.8) is 0 Å². The summed E-state index contributed by atoms with van der Waals surface area (Å²) in [6, 6.07) is 3.35. The molecule has 0 fully saturated rings. The summed E-state index contributed by atoms with van der Waals surface area (Å²) in [5.74, 6) is 0.650. The monoisotopic (exact) mass is 328 g/mol. The predicted molar refractivity (Wildman–Crippen MR) is 75.0 cm³/mol. The molecule has 1 heterocycles. The van der Waals surface area contributed by atoms with E-state index >= 15 is 0 Å². The van der Waals surface area contributed by atoms with Crippen LogP contribution in [0.2, 0.25) is 0 Å². The maximum atomic E-state index is 11.7. The third-order valence-electron chi connectivity index (χ3n) is 2.96. The molecule has 0 aliphatic carbocycles. The van der Waals surface area contributed by atoms with Gasteiger partial charge < -0.3 is 20.5 Å². The number of hydrogen-bond donors (Lipinski definition) is 2. The Morgan fingerprint density at radius 2 is 2.42 bits per heavy atom. The fourth-order valence-electron chi connectivity index (χ4n) is 2.05. The number of benzene rings is 1. The molecule has 0 saturated carbocycles. The number of rotatable bonds is 5. The lowest BCUT2D eigenvalue weighted by Crippen LogP contribution is -2.43. The molecule has 0 aromatic heterocycles. The Kier molecular flexibility index (Phi) is 4.79. The Bertz CT molecular complexity index is 479. The van der Waals surface area contributed by atoms with Gasteiger partial charge in [0.15, 0.2) is 0 Å². The smallest absolute Gasteiger partial charge is 0.239 e. The molecule has 1 aromatic rings. The highest BCUT2D eigenvalue weighted by Gasteiger charge is 2.19. The first-order chi connectivity index (χ1) is 9.11. The molecular formula is C13H17BrN2O3. The van der Waals surface area contributed by atoms with E-state index in [9.17, 15) is 4.79 Å². The highest BCUT2D eigenvalue weighted by Crippen LogP contribution is 2.32. The van der Waals surface area contributed by atoms with Crippen molar-refractivity contribution < 1.29 is 14.3 Å². The van der Waals surface area contributed by atoms with E-state index in [2.05, 4.69) is 21.2 Å². The van der Waals surface area contributed by atoms with Gasteiger partial charge in [-0.05, 0) is 17.7 Å². The third kappa shape index (κ3) is 3.46. The summed E-state index contributed by atoms with van der Waals surface area (Å²) in [6.07, 6.45) is 0.902. The van der Waals surface area contributed by atoms with Crippen LogP contribution in [0.5, 0.6) is 5.75 Å². The molecule has 1 aromatic carbocycles. The molecule has 2 rings (SSSR count). The Morgan fingerprint density at radius 1 is 1.63 bits per heavy atom. The van der Waals surface area contributed by atoms with Crippen molar-refractivity contribution in [2.75, 3.05) is 20.3 Å². The van der Waals surface area contributed by atoms with E-state index in [4.69, 9.17) is 15.2 Å². The van der Waals surface area contributed by atoms with Gasteiger partial charge in [0.2, 0.25) is 5.91 Å². The number of carbonyl (C=O) groups excluding carboxylic acids is 1. The van der Waals surface area contributed by atoms with Gasteiger partial charge in [-0.3, -0.25) is 4.79 Å². The van der Waals surface area contributed by atoms with Crippen LogP contribution in [0.15, 0.2) is 16.6 Å². The molecule has 0 spiro atoms. The van der Waals surface area contributed by atoms with Gasteiger partial charge in [-0.1, -0.05) is 15.9 Å². The number of carbonyl (C=O) groups is 1. The SMILES string of the molecule is COCC(N)C(=O)NCc1cc(Br)cc2c1OCC2. The second-order valence-corrected chi connectivity index (χ2v) is 5.35. The van der Waals surface area contributed by atoms with Crippen molar-refractivity contribution in [3.8, 4) is 5.75 Å². The van der Waals surface area contributed by atoms with Gasteiger partial charge >= 0.3 is 0 Å². The van der Waals surface area contributed by atoms with Crippen LogP contribution in [-0.2, 0) is 22.5 Å². The van der Waals surface area contributed by atoms with Gasteiger partial charge in [-0.2, -0.15) is 0 Å². The number of halogens is 1. The minimum atomic E-state index is -0.647. The minimum absolute atomic E-state index is 0.207. The molecule has 19 heavy (non-hydrogen) atoms. The first kappa shape index (κ1) is 14.3. The summed E-state index contributed by atoms with van der Waals surface area (Å²) >= 11 is 3.46. The van der Waals surface area contributed by atoms with Gasteiger partial charge in [-0.25, -0.2) is 0 Å². The predicted octanol–water partition coefficient (Wildman–Crippen LogP) is 0.974. The lowest BCUT2D eigenvalue weighted by Gasteiger charge is -2.13. The molecule has 3 N–H and O–H groups in total. The molecule has 1 amide bonds. The lowest BCUT2D eigenvalue weighted by atomic mass is 10.1. The average molecular weight is 329 g/mol. The molecule has 1 atom stereocenters. The van der Waals surface area contributed by atoms with Crippen LogP contribution >= 0.6 is 15.9 Å². The van der Waals surface area contributed by atoms with Crippen LogP contribution in [0.1, 0.15) is 11.1 Å². The van der Waals surface area contributed by atoms with E-state index < -0.39 is 6.04 Å². The molecule has 0 bridgehead atoms. The van der Waals surface area contributed by atoms with Gasteiger partial charge in [0.1, 0.15) is 11.8 Å². The second kappa shape index (κ2) is 6.36. The highest BCUT2D eigenvalue weighted by molar-refractivity contribution is 9.10. The number of nitrogens with two attached hydrogens (primary N) is 1. The Balaban J connectivity index is 2.02. The molecule has 0 radical (unpaired) electrons. The molecule has 6 heteroatoms. The zero-order valence-electron chi connectivity index (χ0n) is 10.7. The van der Waals surface area contributed by atoms with Gasteiger partial charge in [-0.15, -0.1) is 0 Å². The van der Waals surface area contributed by atoms with Crippen LogP contribution in [0.3, 0.4) is 0 Å². The minimum Gasteiger partial charge on any atom is -0.493 e. The van der Waals surface area contributed by atoms with E-state index in [0.717, 1.165) is 22.2 Å². The topological polar surface area (TPSA) is 73.6 Å². The Labute approximate surface area is 120 Å².